The molecular weight excluding hydrogens is 526 g/mol. The van der Waals surface area contributed by atoms with E-state index >= 15 is 0 Å². The smallest absolute Gasteiger partial charge is 0.345 e. The second kappa shape index (κ2) is 11.2. The minimum absolute atomic E-state index is 0. The molecule has 0 bridgehead atoms. The number of halogens is 3. The summed E-state index contributed by atoms with van der Waals surface area (Å²) in [5.74, 6) is 1.70. The summed E-state index contributed by atoms with van der Waals surface area (Å²) in [7, 11) is 3.72. The fourth-order valence-corrected chi connectivity index (χ4v) is 3.72. The third-order valence-electron chi connectivity index (χ3n) is 4.84. The van der Waals surface area contributed by atoms with Gasteiger partial charge in [-0.15, -0.1) is 24.0 Å². The summed E-state index contributed by atoms with van der Waals surface area (Å²) in [5, 5.41) is 8.90. The molecule has 1 aromatic heterocycles. The van der Waals surface area contributed by atoms with Crippen molar-refractivity contribution in [3.63, 3.8) is 0 Å². The average Bonchev–Trinajstić information content (AvgIpc) is 3.01. The van der Waals surface area contributed by atoms with E-state index in [1.54, 1.807) is 22.4 Å². The number of aromatic nitrogens is 3. The summed E-state index contributed by atoms with van der Waals surface area (Å²) in [6.07, 6.45) is 3.85. The molecule has 2 aromatic rings. The molecule has 0 radical (unpaired) electrons. The maximum atomic E-state index is 12.4. The van der Waals surface area contributed by atoms with Gasteiger partial charge >= 0.3 is 5.69 Å². The lowest BCUT2D eigenvalue weighted by molar-refractivity contribution is 0.469. The molecule has 1 aromatic carbocycles. The van der Waals surface area contributed by atoms with Crippen molar-refractivity contribution in [3.05, 3.63) is 50.1 Å². The lowest BCUT2D eigenvalue weighted by Crippen LogP contribution is -2.39. The van der Waals surface area contributed by atoms with Crippen molar-refractivity contribution >= 4 is 53.1 Å². The highest BCUT2D eigenvalue weighted by Crippen LogP contribution is 2.23. The maximum absolute atomic E-state index is 12.4. The Morgan fingerprint density at radius 1 is 1.31 bits per heavy atom. The molecule has 0 saturated heterocycles. The number of aliphatic imine (C=N–C) groups is 1. The molecule has 160 valence electrons. The van der Waals surface area contributed by atoms with E-state index in [2.05, 4.69) is 15.4 Å². The molecular formula is C19H27Cl2IN6O. The van der Waals surface area contributed by atoms with Gasteiger partial charge in [0.2, 0.25) is 0 Å². The highest BCUT2D eigenvalue weighted by atomic mass is 127. The van der Waals surface area contributed by atoms with Crippen LogP contribution in [-0.4, -0.2) is 45.8 Å². The van der Waals surface area contributed by atoms with Crippen molar-refractivity contribution in [3.8, 4) is 0 Å². The Kier molecular flexibility index (Phi) is 9.29. The van der Waals surface area contributed by atoms with E-state index in [0.29, 0.717) is 29.7 Å². The molecule has 0 spiro atoms. The molecule has 1 aliphatic rings. The molecule has 0 aliphatic carbocycles. The third-order valence-corrected chi connectivity index (χ3v) is 5.58. The molecule has 0 saturated carbocycles. The fourth-order valence-electron chi connectivity index (χ4n) is 3.39. The molecule has 2 heterocycles. The monoisotopic (exact) mass is 552 g/mol. The van der Waals surface area contributed by atoms with Crippen LogP contribution in [0.25, 0.3) is 0 Å². The predicted octanol–water partition coefficient (Wildman–Crippen LogP) is 3.40. The summed E-state index contributed by atoms with van der Waals surface area (Å²) in [5.41, 5.74) is 1.06. The van der Waals surface area contributed by atoms with Crippen LogP contribution in [0.1, 0.15) is 30.7 Å². The van der Waals surface area contributed by atoms with Gasteiger partial charge in [0.25, 0.3) is 0 Å². The number of benzene rings is 1. The number of hydrogen-bond acceptors (Lipinski definition) is 3. The van der Waals surface area contributed by atoms with Gasteiger partial charge in [-0.05, 0) is 37.0 Å². The number of nitrogens with zero attached hydrogens (tertiary/aromatic N) is 5. The first-order chi connectivity index (χ1) is 13.5. The highest BCUT2D eigenvalue weighted by Gasteiger charge is 2.16. The molecule has 3 rings (SSSR count). The van der Waals surface area contributed by atoms with E-state index in [0.717, 1.165) is 49.6 Å². The van der Waals surface area contributed by atoms with Gasteiger partial charge < -0.3 is 10.2 Å². The van der Waals surface area contributed by atoms with Crippen LogP contribution in [0.5, 0.6) is 0 Å². The zero-order chi connectivity index (χ0) is 20.1. The Balaban J connectivity index is 0.00000300. The van der Waals surface area contributed by atoms with E-state index in [1.165, 1.54) is 0 Å². The topological polar surface area (TPSA) is 67.5 Å². The van der Waals surface area contributed by atoms with Crippen molar-refractivity contribution < 1.29 is 0 Å². The molecule has 29 heavy (non-hydrogen) atoms. The molecule has 10 heteroatoms. The standard InChI is InChI=1S/C19H26Cl2N6O.HI/c1-22-18(25(2)13-14-7-8-15(20)16(21)12-14)23-9-5-11-27-19(28)26-10-4-3-6-17(26)24-27;/h7-8,12H,3-6,9-11,13H2,1-2H3,(H,22,23);1H. The Bertz CT molecular complexity index is 911. The number of fused-ring (bicyclic) bond motifs is 1. The van der Waals surface area contributed by atoms with E-state index in [1.807, 2.05) is 24.1 Å². The Morgan fingerprint density at radius 3 is 2.79 bits per heavy atom. The lowest BCUT2D eigenvalue weighted by atomic mass is 10.2. The van der Waals surface area contributed by atoms with Gasteiger partial charge in [-0.1, -0.05) is 29.3 Å². The van der Waals surface area contributed by atoms with Crippen molar-refractivity contribution in [2.45, 2.75) is 45.3 Å². The molecule has 0 atom stereocenters. The fraction of sp³-hybridized carbons (Fsp3) is 0.526. The summed E-state index contributed by atoms with van der Waals surface area (Å²) in [4.78, 5) is 18.7. The minimum atomic E-state index is 0. The Labute approximate surface area is 198 Å². The summed E-state index contributed by atoms with van der Waals surface area (Å²) >= 11 is 12.1. The van der Waals surface area contributed by atoms with Crippen LogP contribution in [0, 0.1) is 0 Å². The Morgan fingerprint density at radius 2 is 2.10 bits per heavy atom. The third kappa shape index (κ3) is 6.11. The largest absolute Gasteiger partial charge is 0.356 e. The Hall–Kier alpha value is -1.26. The van der Waals surface area contributed by atoms with Crippen molar-refractivity contribution in [1.82, 2.24) is 24.6 Å². The summed E-state index contributed by atoms with van der Waals surface area (Å²) < 4.78 is 3.39. The van der Waals surface area contributed by atoms with Gasteiger partial charge in [0.1, 0.15) is 5.82 Å². The molecule has 0 unspecified atom stereocenters. The van der Waals surface area contributed by atoms with Crippen LogP contribution in [0.2, 0.25) is 10.0 Å². The van der Waals surface area contributed by atoms with Crippen molar-refractivity contribution in [2.24, 2.45) is 4.99 Å². The first-order valence-electron chi connectivity index (χ1n) is 9.52. The maximum Gasteiger partial charge on any atom is 0.345 e. The molecule has 1 N–H and O–H groups in total. The molecule has 0 fully saturated rings. The average molecular weight is 553 g/mol. The van der Waals surface area contributed by atoms with Crippen LogP contribution in [0.4, 0.5) is 0 Å². The summed E-state index contributed by atoms with van der Waals surface area (Å²) in [6.45, 7) is 2.74. The number of aryl methyl sites for hydroxylation is 2. The number of nitrogens with one attached hydrogen (secondary N) is 1. The lowest BCUT2D eigenvalue weighted by Gasteiger charge is -2.22. The first kappa shape index (κ1) is 24.0. The van der Waals surface area contributed by atoms with Gasteiger partial charge in [-0.3, -0.25) is 9.56 Å². The first-order valence-corrected chi connectivity index (χ1v) is 10.3. The normalized spacial score (nSPS) is 13.6. The number of rotatable bonds is 6. The van der Waals surface area contributed by atoms with Crippen molar-refractivity contribution in [2.75, 3.05) is 20.6 Å². The van der Waals surface area contributed by atoms with Crippen LogP contribution in [-0.2, 0) is 26.1 Å². The SMILES string of the molecule is CN=C(NCCCn1nc2n(c1=O)CCCC2)N(C)Cc1ccc(Cl)c(Cl)c1.I. The zero-order valence-corrected chi connectivity index (χ0v) is 20.5. The van der Waals surface area contributed by atoms with Crippen LogP contribution in [0.3, 0.4) is 0 Å². The van der Waals surface area contributed by atoms with Gasteiger partial charge in [-0.25, -0.2) is 9.48 Å². The van der Waals surface area contributed by atoms with E-state index < -0.39 is 0 Å². The van der Waals surface area contributed by atoms with Gasteiger partial charge in [-0.2, -0.15) is 5.10 Å². The van der Waals surface area contributed by atoms with Gasteiger partial charge in [0.05, 0.1) is 10.0 Å². The zero-order valence-electron chi connectivity index (χ0n) is 16.7. The van der Waals surface area contributed by atoms with E-state index in [9.17, 15) is 4.79 Å². The van der Waals surface area contributed by atoms with Crippen LogP contribution in [0.15, 0.2) is 28.0 Å². The van der Waals surface area contributed by atoms with E-state index in [4.69, 9.17) is 23.2 Å². The second-order valence-electron chi connectivity index (χ2n) is 6.96. The van der Waals surface area contributed by atoms with Gasteiger partial charge in [0, 0.05) is 46.7 Å². The van der Waals surface area contributed by atoms with Crippen LogP contribution >= 0.6 is 47.2 Å². The number of hydrogen-bond donors (Lipinski definition) is 1. The van der Waals surface area contributed by atoms with Crippen molar-refractivity contribution in [1.29, 1.82) is 0 Å². The van der Waals surface area contributed by atoms with Crippen LogP contribution < -0.4 is 11.0 Å². The van der Waals surface area contributed by atoms with E-state index in [-0.39, 0.29) is 29.7 Å². The minimum Gasteiger partial charge on any atom is -0.356 e. The molecule has 7 nitrogen and oxygen atoms in total. The summed E-state index contributed by atoms with van der Waals surface area (Å²) in [6, 6.07) is 5.61. The molecule has 0 amide bonds. The predicted molar refractivity (Wildman–Crippen MR) is 129 cm³/mol. The molecule has 1 aliphatic heterocycles. The number of guanidine groups is 1. The quantitative estimate of drug-likeness (QED) is 0.258. The van der Waals surface area contributed by atoms with Gasteiger partial charge in [0.15, 0.2) is 5.96 Å². The second-order valence-corrected chi connectivity index (χ2v) is 7.78. The highest BCUT2D eigenvalue weighted by molar-refractivity contribution is 14.0.